The number of likely N-dealkylation sites (tertiary alicyclic amines) is 1. The molecule has 0 spiro atoms. The summed E-state index contributed by atoms with van der Waals surface area (Å²) in [7, 11) is 0. The minimum Gasteiger partial charge on any atom is -0.332 e. The minimum atomic E-state index is -0.504. The molecule has 2 heteroatoms. The van der Waals surface area contributed by atoms with Gasteiger partial charge in [-0.3, -0.25) is 0 Å². The van der Waals surface area contributed by atoms with Crippen molar-refractivity contribution in [1.29, 1.82) is 0 Å². The summed E-state index contributed by atoms with van der Waals surface area (Å²) >= 11 is 0. The van der Waals surface area contributed by atoms with Crippen LogP contribution in [0.2, 0.25) is 0 Å². The lowest BCUT2D eigenvalue weighted by Gasteiger charge is -2.37. The lowest BCUT2D eigenvalue weighted by molar-refractivity contribution is -0.935. The van der Waals surface area contributed by atoms with Crippen LogP contribution in [0.1, 0.15) is 52.4 Å². The molecule has 2 fully saturated rings. The number of quaternary nitrogens is 1. The zero-order valence-corrected chi connectivity index (χ0v) is 10.8. The number of alkyl halides is 1. The second-order valence-electron chi connectivity index (χ2n) is 6.28. The fraction of sp³-hybridized carbons (Fsp3) is 1.00. The molecule has 16 heavy (non-hydrogen) atoms. The minimum absolute atomic E-state index is 0.504. The van der Waals surface area contributed by atoms with E-state index in [-0.39, 0.29) is 0 Å². The van der Waals surface area contributed by atoms with Gasteiger partial charge < -0.3 is 4.90 Å². The predicted octanol–water partition coefficient (Wildman–Crippen LogP) is 2.22. The molecule has 1 N–H and O–H groups in total. The summed E-state index contributed by atoms with van der Waals surface area (Å²) in [4.78, 5) is 1.75. The molecule has 2 rings (SSSR count). The molecule has 5 atom stereocenters. The van der Waals surface area contributed by atoms with Crippen LogP contribution in [0.15, 0.2) is 0 Å². The molecule has 1 aliphatic heterocycles. The summed E-state index contributed by atoms with van der Waals surface area (Å²) in [6.45, 7) is 7.28. The maximum absolute atomic E-state index is 13.4. The van der Waals surface area contributed by atoms with Crippen molar-refractivity contribution in [3.8, 4) is 0 Å². The Balaban J connectivity index is 1.82. The average Bonchev–Trinajstić information content (AvgIpc) is 2.24. The highest BCUT2D eigenvalue weighted by atomic mass is 19.1. The van der Waals surface area contributed by atoms with E-state index in [4.69, 9.17) is 0 Å². The fourth-order valence-corrected chi connectivity index (χ4v) is 3.56. The van der Waals surface area contributed by atoms with Gasteiger partial charge in [-0.1, -0.05) is 13.3 Å². The van der Waals surface area contributed by atoms with E-state index >= 15 is 0 Å². The molecule has 1 heterocycles. The fourth-order valence-electron chi connectivity index (χ4n) is 3.56. The first-order chi connectivity index (χ1) is 7.65. The highest BCUT2D eigenvalue weighted by molar-refractivity contribution is 4.73. The molecule has 0 amide bonds. The average molecular weight is 228 g/mol. The van der Waals surface area contributed by atoms with Gasteiger partial charge in [0.05, 0.1) is 19.1 Å². The molecule has 2 aliphatic rings. The van der Waals surface area contributed by atoms with Crippen molar-refractivity contribution in [3.63, 3.8) is 0 Å². The number of hydrogen-bond donors (Lipinski definition) is 1. The SMILES string of the molecule is CC1CCC(C)[NH+](CC2CCCC(F)C2)C1. The molecule has 0 aromatic heterocycles. The lowest BCUT2D eigenvalue weighted by atomic mass is 9.86. The summed E-state index contributed by atoms with van der Waals surface area (Å²) in [5, 5.41) is 0. The maximum atomic E-state index is 13.4. The molecule has 0 bridgehead atoms. The molecule has 5 unspecified atom stereocenters. The molecule has 1 saturated heterocycles. The molecule has 0 aromatic rings. The van der Waals surface area contributed by atoms with Crippen LogP contribution in [-0.4, -0.2) is 25.3 Å². The lowest BCUT2D eigenvalue weighted by Crippen LogP contribution is -3.17. The first-order valence-corrected chi connectivity index (χ1v) is 7.13. The Labute approximate surface area is 99.4 Å². The molecule has 1 saturated carbocycles. The first kappa shape index (κ1) is 12.3. The van der Waals surface area contributed by atoms with Gasteiger partial charge in [-0.15, -0.1) is 0 Å². The van der Waals surface area contributed by atoms with Crippen LogP contribution in [0.3, 0.4) is 0 Å². The van der Waals surface area contributed by atoms with Crippen LogP contribution in [0.25, 0.3) is 0 Å². The molecule has 1 aliphatic carbocycles. The number of piperidine rings is 1. The van der Waals surface area contributed by atoms with E-state index in [0.717, 1.165) is 31.2 Å². The van der Waals surface area contributed by atoms with E-state index in [9.17, 15) is 4.39 Å². The van der Waals surface area contributed by atoms with Crippen molar-refractivity contribution in [3.05, 3.63) is 0 Å². The van der Waals surface area contributed by atoms with E-state index in [0.29, 0.717) is 5.92 Å². The van der Waals surface area contributed by atoms with Gasteiger partial charge >= 0.3 is 0 Å². The predicted molar refractivity (Wildman–Crippen MR) is 65.4 cm³/mol. The van der Waals surface area contributed by atoms with Crippen molar-refractivity contribution in [2.75, 3.05) is 13.1 Å². The smallest absolute Gasteiger partial charge is 0.101 e. The summed E-state index contributed by atoms with van der Waals surface area (Å²) in [6.07, 6.45) is 6.29. The Morgan fingerprint density at radius 2 is 1.94 bits per heavy atom. The standard InChI is InChI=1S/C14H26FN/c1-11-6-7-12(2)16(9-11)10-13-4-3-5-14(15)8-13/h11-14H,3-10H2,1-2H3/p+1. The van der Waals surface area contributed by atoms with E-state index in [1.54, 1.807) is 4.90 Å². The van der Waals surface area contributed by atoms with Crippen molar-refractivity contribution in [1.82, 2.24) is 0 Å². The number of nitrogens with one attached hydrogen (secondary N) is 1. The van der Waals surface area contributed by atoms with Crippen molar-refractivity contribution >= 4 is 0 Å². The Bertz CT molecular complexity index is 219. The molecule has 0 aromatic carbocycles. The van der Waals surface area contributed by atoms with Crippen LogP contribution in [0, 0.1) is 11.8 Å². The summed E-state index contributed by atoms with van der Waals surface area (Å²) in [6, 6.07) is 0.802. The summed E-state index contributed by atoms with van der Waals surface area (Å²) in [5.41, 5.74) is 0. The number of halogens is 1. The van der Waals surface area contributed by atoms with Crippen LogP contribution in [-0.2, 0) is 0 Å². The zero-order chi connectivity index (χ0) is 11.5. The van der Waals surface area contributed by atoms with Gasteiger partial charge in [0.25, 0.3) is 0 Å². The molecule has 94 valence electrons. The van der Waals surface area contributed by atoms with Gasteiger partial charge in [0, 0.05) is 11.8 Å². The topological polar surface area (TPSA) is 4.44 Å². The monoisotopic (exact) mass is 228 g/mol. The van der Waals surface area contributed by atoms with Gasteiger partial charge in [0.2, 0.25) is 0 Å². The van der Waals surface area contributed by atoms with E-state index in [2.05, 4.69) is 13.8 Å². The number of rotatable bonds is 2. The van der Waals surface area contributed by atoms with E-state index in [1.807, 2.05) is 0 Å². The zero-order valence-electron chi connectivity index (χ0n) is 10.8. The van der Waals surface area contributed by atoms with Crippen LogP contribution in [0.5, 0.6) is 0 Å². The van der Waals surface area contributed by atoms with Crippen molar-refractivity contribution in [2.45, 2.75) is 64.6 Å². The van der Waals surface area contributed by atoms with Gasteiger partial charge in [0.1, 0.15) is 6.17 Å². The van der Waals surface area contributed by atoms with Crippen molar-refractivity contribution < 1.29 is 9.29 Å². The maximum Gasteiger partial charge on any atom is 0.101 e. The highest BCUT2D eigenvalue weighted by Gasteiger charge is 2.31. The summed E-state index contributed by atoms with van der Waals surface area (Å²) < 4.78 is 13.4. The van der Waals surface area contributed by atoms with Crippen molar-refractivity contribution in [2.24, 2.45) is 11.8 Å². The normalized spacial score (nSPS) is 45.6. The van der Waals surface area contributed by atoms with E-state index in [1.165, 1.54) is 32.4 Å². The summed E-state index contributed by atoms with van der Waals surface area (Å²) in [5.74, 6) is 1.53. The van der Waals surface area contributed by atoms with Gasteiger partial charge in [-0.05, 0) is 39.0 Å². The van der Waals surface area contributed by atoms with Gasteiger partial charge in [-0.2, -0.15) is 0 Å². The second-order valence-corrected chi connectivity index (χ2v) is 6.28. The Morgan fingerprint density at radius 3 is 2.69 bits per heavy atom. The van der Waals surface area contributed by atoms with E-state index < -0.39 is 6.17 Å². The third-order valence-corrected chi connectivity index (χ3v) is 4.67. The second kappa shape index (κ2) is 5.48. The Kier molecular flexibility index (Phi) is 4.23. The molecular formula is C14H27FN+. The molecule has 1 nitrogen and oxygen atoms in total. The highest BCUT2D eigenvalue weighted by Crippen LogP contribution is 2.25. The van der Waals surface area contributed by atoms with Gasteiger partial charge in [-0.25, -0.2) is 4.39 Å². The van der Waals surface area contributed by atoms with Crippen LogP contribution < -0.4 is 4.90 Å². The van der Waals surface area contributed by atoms with Crippen LogP contribution >= 0.6 is 0 Å². The molecular weight excluding hydrogens is 201 g/mol. The Hall–Kier alpha value is -0.110. The quantitative estimate of drug-likeness (QED) is 0.739. The Morgan fingerprint density at radius 1 is 1.12 bits per heavy atom. The third kappa shape index (κ3) is 3.19. The molecule has 0 radical (unpaired) electrons. The number of hydrogen-bond acceptors (Lipinski definition) is 0. The first-order valence-electron chi connectivity index (χ1n) is 7.13. The van der Waals surface area contributed by atoms with Crippen LogP contribution in [0.4, 0.5) is 4.39 Å². The third-order valence-electron chi connectivity index (χ3n) is 4.67. The van der Waals surface area contributed by atoms with Gasteiger partial charge in [0.15, 0.2) is 0 Å². The largest absolute Gasteiger partial charge is 0.332 e.